The minimum atomic E-state index is 0.964. The fourth-order valence-electron chi connectivity index (χ4n) is 1.98. The summed E-state index contributed by atoms with van der Waals surface area (Å²) in [5.41, 5.74) is 4.11. The number of rotatable bonds is 2. The molecule has 72 valence electrons. The van der Waals surface area contributed by atoms with Gasteiger partial charge in [-0.2, -0.15) is 5.10 Å². The van der Waals surface area contributed by atoms with Crippen molar-refractivity contribution in [2.24, 2.45) is 0 Å². The summed E-state index contributed by atoms with van der Waals surface area (Å²) in [4.78, 5) is 2.17. The summed E-state index contributed by atoms with van der Waals surface area (Å²) in [7, 11) is 4.17. The standard InChI is InChI=1S/C10H17N3/c1-13(2)7-10-8-5-3-4-6-9(8)11-12-10/h3-7H2,1-2H3,(H,11,12). The maximum absolute atomic E-state index is 4.37. The van der Waals surface area contributed by atoms with Gasteiger partial charge in [-0.1, -0.05) is 0 Å². The van der Waals surface area contributed by atoms with E-state index in [1.165, 1.54) is 42.6 Å². The number of hydrogen-bond acceptors (Lipinski definition) is 2. The van der Waals surface area contributed by atoms with E-state index in [1.807, 2.05) is 0 Å². The van der Waals surface area contributed by atoms with Crippen LogP contribution in [0.4, 0.5) is 0 Å². The molecule has 1 heterocycles. The molecule has 1 aliphatic carbocycles. The van der Waals surface area contributed by atoms with Gasteiger partial charge in [-0.25, -0.2) is 0 Å². The smallest absolute Gasteiger partial charge is 0.0796 e. The molecule has 0 bridgehead atoms. The number of nitrogens with zero attached hydrogens (tertiary/aromatic N) is 2. The van der Waals surface area contributed by atoms with Crippen molar-refractivity contribution in [3.8, 4) is 0 Å². The van der Waals surface area contributed by atoms with Crippen LogP contribution in [0.15, 0.2) is 0 Å². The predicted molar refractivity (Wildman–Crippen MR) is 52.6 cm³/mol. The first-order chi connectivity index (χ1) is 6.27. The van der Waals surface area contributed by atoms with Gasteiger partial charge in [-0.15, -0.1) is 0 Å². The Balaban J connectivity index is 2.21. The molecule has 2 rings (SSSR count). The molecule has 3 nitrogen and oxygen atoms in total. The molecule has 1 aromatic heterocycles. The highest BCUT2D eigenvalue weighted by atomic mass is 15.2. The lowest BCUT2D eigenvalue weighted by Gasteiger charge is -2.13. The van der Waals surface area contributed by atoms with Crippen molar-refractivity contribution in [2.45, 2.75) is 32.2 Å². The van der Waals surface area contributed by atoms with Crippen LogP contribution in [0, 0.1) is 0 Å². The van der Waals surface area contributed by atoms with Crippen LogP contribution in [0.25, 0.3) is 0 Å². The zero-order valence-electron chi connectivity index (χ0n) is 8.43. The van der Waals surface area contributed by atoms with Crippen molar-refractivity contribution < 1.29 is 0 Å². The van der Waals surface area contributed by atoms with Gasteiger partial charge >= 0.3 is 0 Å². The third kappa shape index (κ3) is 1.75. The van der Waals surface area contributed by atoms with E-state index in [-0.39, 0.29) is 0 Å². The average molecular weight is 179 g/mol. The normalized spacial score (nSPS) is 16.2. The van der Waals surface area contributed by atoms with Gasteiger partial charge in [0.2, 0.25) is 0 Å². The summed E-state index contributed by atoms with van der Waals surface area (Å²) >= 11 is 0. The van der Waals surface area contributed by atoms with E-state index in [4.69, 9.17) is 0 Å². The Labute approximate surface area is 79.1 Å². The Morgan fingerprint density at radius 3 is 2.85 bits per heavy atom. The van der Waals surface area contributed by atoms with E-state index in [0.29, 0.717) is 0 Å². The van der Waals surface area contributed by atoms with Crippen LogP contribution < -0.4 is 0 Å². The van der Waals surface area contributed by atoms with E-state index >= 15 is 0 Å². The minimum Gasteiger partial charge on any atom is -0.303 e. The number of hydrogen-bond donors (Lipinski definition) is 1. The molecule has 0 aromatic carbocycles. The van der Waals surface area contributed by atoms with Crippen LogP contribution in [0.2, 0.25) is 0 Å². The van der Waals surface area contributed by atoms with Gasteiger partial charge in [0.25, 0.3) is 0 Å². The van der Waals surface area contributed by atoms with Crippen molar-refractivity contribution in [1.82, 2.24) is 15.1 Å². The third-order valence-corrected chi connectivity index (χ3v) is 2.61. The van der Waals surface area contributed by atoms with E-state index in [2.05, 4.69) is 29.2 Å². The first-order valence-electron chi connectivity index (χ1n) is 4.97. The Kier molecular flexibility index (Phi) is 2.36. The molecule has 0 atom stereocenters. The van der Waals surface area contributed by atoms with Gasteiger partial charge in [0.1, 0.15) is 0 Å². The second-order valence-electron chi connectivity index (χ2n) is 4.07. The van der Waals surface area contributed by atoms with Crippen molar-refractivity contribution in [2.75, 3.05) is 14.1 Å². The van der Waals surface area contributed by atoms with E-state index in [9.17, 15) is 0 Å². The van der Waals surface area contributed by atoms with Gasteiger partial charge in [-0.3, -0.25) is 5.10 Å². The zero-order valence-corrected chi connectivity index (χ0v) is 8.43. The summed E-state index contributed by atoms with van der Waals surface area (Å²) in [6, 6.07) is 0. The van der Waals surface area contributed by atoms with Gasteiger partial charge < -0.3 is 4.90 Å². The molecule has 1 aromatic rings. The second kappa shape index (κ2) is 3.50. The summed E-state index contributed by atoms with van der Waals surface area (Å²) < 4.78 is 0. The Morgan fingerprint density at radius 1 is 1.31 bits per heavy atom. The van der Waals surface area contributed by atoms with Crippen LogP contribution in [-0.4, -0.2) is 29.2 Å². The van der Waals surface area contributed by atoms with E-state index in [1.54, 1.807) is 0 Å². The van der Waals surface area contributed by atoms with Crippen LogP contribution in [0.5, 0.6) is 0 Å². The molecule has 0 saturated carbocycles. The number of fused-ring (bicyclic) bond motifs is 1. The van der Waals surface area contributed by atoms with Gasteiger partial charge in [0.05, 0.1) is 5.69 Å². The summed E-state index contributed by atoms with van der Waals surface area (Å²) in [5.74, 6) is 0. The maximum Gasteiger partial charge on any atom is 0.0796 e. The Morgan fingerprint density at radius 2 is 2.08 bits per heavy atom. The molecule has 0 unspecified atom stereocenters. The zero-order chi connectivity index (χ0) is 9.26. The molecule has 0 spiro atoms. The molecular formula is C10H17N3. The molecule has 0 amide bonds. The van der Waals surface area contributed by atoms with Crippen molar-refractivity contribution in [1.29, 1.82) is 0 Å². The number of H-pyrrole nitrogens is 1. The van der Waals surface area contributed by atoms with Crippen LogP contribution in [-0.2, 0) is 19.4 Å². The quantitative estimate of drug-likeness (QED) is 0.743. The number of nitrogens with one attached hydrogen (secondary N) is 1. The van der Waals surface area contributed by atoms with E-state index in [0.717, 1.165) is 6.54 Å². The molecule has 0 saturated heterocycles. The molecule has 3 heteroatoms. The fourth-order valence-corrected chi connectivity index (χ4v) is 1.98. The number of aryl methyl sites for hydroxylation is 1. The van der Waals surface area contributed by atoms with Gasteiger partial charge in [0.15, 0.2) is 0 Å². The summed E-state index contributed by atoms with van der Waals surface area (Å²) in [6.45, 7) is 0.964. The largest absolute Gasteiger partial charge is 0.303 e. The third-order valence-electron chi connectivity index (χ3n) is 2.61. The molecule has 0 aliphatic heterocycles. The summed E-state index contributed by atoms with van der Waals surface area (Å²) in [5, 5.41) is 7.53. The molecule has 0 radical (unpaired) electrons. The topological polar surface area (TPSA) is 31.9 Å². The Bertz CT molecular complexity index is 288. The maximum atomic E-state index is 4.37. The van der Waals surface area contributed by atoms with Crippen LogP contribution in [0.1, 0.15) is 29.8 Å². The Hall–Kier alpha value is -0.830. The number of aromatic amines is 1. The van der Waals surface area contributed by atoms with Crippen molar-refractivity contribution in [3.63, 3.8) is 0 Å². The minimum absolute atomic E-state index is 0.964. The highest BCUT2D eigenvalue weighted by molar-refractivity contribution is 5.27. The van der Waals surface area contributed by atoms with Crippen LogP contribution in [0.3, 0.4) is 0 Å². The van der Waals surface area contributed by atoms with Gasteiger partial charge in [-0.05, 0) is 45.3 Å². The predicted octanol–water partition coefficient (Wildman–Crippen LogP) is 1.35. The highest BCUT2D eigenvalue weighted by Gasteiger charge is 2.16. The lowest BCUT2D eigenvalue weighted by molar-refractivity contribution is 0.394. The summed E-state index contributed by atoms with van der Waals surface area (Å²) in [6.07, 6.45) is 5.05. The molecule has 1 N–H and O–H groups in total. The lowest BCUT2D eigenvalue weighted by atomic mass is 9.96. The monoisotopic (exact) mass is 179 g/mol. The first kappa shape index (κ1) is 8.75. The molecule has 1 aliphatic rings. The molecule has 13 heavy (non-hydrogen) atoms. The number of aromatic nitrogens is 2. The fraction of sp³-hybridized carbons (Fsp3) is 0.700. The SMILES string of the molecule is CN(C)Cc1n[nH]c2c1CCCC2. The average Bonchev–Trinajstić information content (AvgIpc) is 2.48. The van der Waals surface area contributed by atoms with Crippen molar-refractivity contribution >= 4 is 0 Å². The van der Waals surface area contributed by atoms with E-state index < -0.39 is 0 Å². The molecule has 0 fully saturated rings. The van der Waals surface area contributed by atoms with Crippen molar-refractivity contribution in [3.05, 3.63) is 17.0 Å². The van der Waals surface area contributed by atoms with Gasteiger partial charge in [0, 0.05) is 12.2 Å². The highest BCUT2D eigenvalue weighted by Crippen LogP contribution is 2.22. The lowest BCUT2D eigenvalue weighted by Crippen LogP contribution is -2.13. The second-order valence-corrected chi connectivity index (χ2v) is 4.07. The first-order valence-corrected chi connectivity index (χ1v) is 4.97. The molecular weight excluding hydrogens is 162 g/mol. The van der Waals surface area contributed by atoms with Crippen LogP contribution >= 0.6 is 0 Å².